The van der Waals surface area contributed by atoms with Crippen LogP contribution in [0.4, 0.5) is 0 Å². The standard InChI is InChI=1S/C16H19ClN2O2/c1-9(12-4-3-5-13(17)8-12)19-10(2)15(20)18-14(16(19)21)11-6-7-11/h3-5,8-11,14H,6-7H2,1-2H3,(H,18,20). The van der Waals surface area contributed by atoms with Crippen LogP contribution >= 0.6 is 11.6 Å². The number of hydrogen-bond acceptors (Lipinski definition) is 2. The number of benzene rings is 1. The van der Waals surface area contributed by atoms with Crippen LogP contribution in [0.3, 0.4) is 0 Å². The highest BCUT2D eigenvalue weighted by Crippen LogP contribution is 2.37. The van der Waals surface area contributed by atoms with Gasteiger partial charge in [-0.2, -0.15) is 0 Å². The molecule has 0 radical (unpaired) electrons. The van der Waals surface area contributed by atoms with Gasteiger partial charge in [-0.25, -0.2) is 0 Å². The number of nitrogens with one attached hydrogen (secondary N) is 1. The Bertz CT molecular complexity index is 585. The van der Waals surface area contributed by atoms with Crippen LogP contribution in [0.2, 0.25) is 5.02 Å². The normalized spacial score (nSPS) is 27.5. The number of hydrogen-bond donors (Lipinski definition) is 1. The van der Waals surface area contributed by atoms with Crippen LogP contribution < -0.4 is 5.32 Å². The van der Waals surface area contributed by atoms with Crippen LogP contribution in [-0.4, -0.2) is 28.8 Å². The van der Waals surface area contributed by atoms with Crippen LogP contribution in [0.5, 0.6) is 0 Å². The zero-order valence-corrected chi connectivity index (χ0v) is 12.9. The van der Waals surface area contributed by atoms with E-state index in [1.165, 1.54) is 0 Å². The highest BCUT2D eigenvalue weighted by molar-refractivity contribution is 6.30. The van der Waals surface area contributed by atoms with E-state index in [0.29, 0.717) is 10.9 Å². The molecule has 0 bridgehead atoms. The van der Waals surface area contributed by atoms with E-state index in [4.69, 9.17) is 11.6 Å². The average Bonchev–Trinajstić information content (AvgIpc) is 3.27. The molecule has 1 aromatic carbocycles. The zero-order chi connectivity index (χ0) is 15.1. The van der Waals surface area contributed by atoms with Gasteiger partial charge in [0.2, 0.25) is 11.8 Å². The average molecular weight is 307 g/mol. The van der Waals surface area contributed by atoms with E-state index in [1.54, 1.807) is 17.9 Å². The summed E-state index contributed by atoms with van der Waals surface area (Å²) in [5.74, 6) is 0.264. The van der Waals surface area contributed by atoms with Crippen molar-refractivity contribution in [3.8, 4) is 0 Å². The van der Waals surface area contributed by atoms with Gasteiger partial charge in [0.15, 0.2) is 0 Å². The Labute approximate surface area is 129 Å². The van der Waals surface area contributed by atoms with Gasteiger partial charge in [0.1, 0.15) is 12.1 Å². The van der Waals surface area contributed by atoms with Crippen molar-refractivity contribution < 1.29 is 9.59 Å². The molecule has 1 heterocycles. The third-order valence-electron chi connectivity index (χ3n) is 4.46. The van der Waals surface area contributed by atoms with Crippen LogP contribution in [0.25, 0.3) is 0 Å². The van der Waals surface area contributed by atoms with Gasteiger partial charge in [-0.15, -0.1) is 0 Å². The van der Waals surface area contributed by atoms with Crippen molar-refractivity contribution in [1.29, 1.82) is 0 Å². The van der Waals surface area contributed by atoms with Gasteiger partial charge in [0, 0.05) is 5.02 Å². The molecule has 2 amide bonds. The second-order valence-corrected chi connectivity index (χ2v) is 6.41. The van der Waals surface area contributed by atoms with E-state index in [-0.39, 0.29) is 23.9 Å². The molecule has 1 saturated carbocycles. The van der Waals surface area contributed by atoms with Gasteiger partial charge in [-0.3, -0.25) is 9.59 Å². The van der Waals surface area contributed by atoms with Crippen molar-refractivity contribution >= 4 is 23.4 Å². The van der Waals surface area contributed by atoms with E-state index in [2.05, 4.69) is 5.32 Å². The minimum atomic E-state index is -0.457. The Morgan fingerprint density at radius 1 is 1.33 bits per heavy atom. The number of carbonyl (C=O) groups is 2. The smallest absolute Gasteiger partial charge is 0.246 e. The van der Waals surface area contributed by atoms with Crippen LogP contribution in [0.15, 0.2) is 24.3 Å². The van der Waals surface area contributed by atoms with E-state index in [9.17, 15) is 9.59 Å². The molecule has 3 atom stereocenters. The Kier molecular flexibility index (Phi) is 3.66. The number of piperazine rings is 1. The second kappa shape index (κ2) is 5.34. The Balaban J connectivity index is 1.90. The van der Waals surface area contributed by atoms with E-state index in [0.717, 1.165) is 18.4 Å². The van der Waals surface area contributed by atoms with Gasteiger partial charge >= 0.3 is 0 Å². The number of halogens is 1. The summed E-state index contributed by atoms with van der Waals surface area (Å²) >= 11 is 6.04. The molecular weight excluding hydrogens is 288 g/mol. The molecule has 3 unspecified atom stereocenters. The molecule has 5 heteroatoms. The SMILES string of the molecule is CC1C(=O)NC(C2CC2)C(=O)N1C(C)c1cccc(Cl)c1. The molecule has 21 heavy (non-hydrogen) atoms. The largest absolute Gasteiger partial charge is 0.342 e. The first kappa shape index (κ1) is 14.4. The Morgan fingerprint density at radius 2 is 2.05 bits per heavy atom. The van der Waals surface area contributed by atoms with Gasteiger partial charge in [-0.05, 0) is 50.3 Å². The summed E-state index contributed by atoms with van der Waals surface area (Å²) in [6.45, 7) is 3.72. The maximum Gasteiger partial charge on any atom is 0.246 e. The Morgan fingerprint density at radius 3 is 2.67 bits per heavy atom. The lowest BCUT2D eigenvalue weighted by Crippen LogP contribution is -2.63. The molecule has 112 valence electrons. The number of carbonyl (C=O) groups excluding carboxylic acids is 2. The molecule has 2 aliphatic rings. The zero-order valence-electron chi connectivity index (χ0n) is 12.2. The lowest BCUT2D eigenvalue weighted by molar-refractivity contribution is -0.151. The van der Waals surface area contributed by atoms with Gasteiger partial charge < -0.3 is 10.2 Å². The van der Waals surface area contributed by atoms with Gasteiger partial charge in [0.05, 0.1) is 6.04 Å². The second-order valence-electron chi connectivity index (χ2n) is 5.98. The molecule has 0 aromatic heterocycles. The van der Waals surface area contributed by atoms with Crippen molar-refractivity contribution in [3.05, 3.63) is 34.9 Å². The first-order valence-corrected chi connectivity index (χ1v) is 7.75. The van der Waals surface area contributed by atoms with Crippen molar-refractivity contribution in [2.45, 2.75) is 44.8 Å². The summed E-state index contributed by atoms with van der Waals surface area (Å²) in [5.41, 5.74) is 0.951. The first-order chi connectivity index (χ1) is 9.99. The predicted octanol–water partition coefficient (Wildman–Crippen LogP) is 2.53. The molecular formula is C16H19ClN2O2. The summed E-state index contributed by atoms with van der Waals surface area (Å²) in [4.78, 5) is 26.6. The predicted molar refractivity (Wildman–Crippen MR) is 80.8 cm³/mol. The maximum absolute atomic E-state index is 12.7. The van der Waals surface area contributed by atoms with Crippen molar-refractivity contribution in [1.82, 2.24) is 10.2 Å². The third-order valence-corrected chi connectivity index (χ3v) is 4.69. The molecule has 1 aromatic rings. The quantitative estimate of drug-likeness (QED) is 0.933. The molecule has 1 saturated heterocycles. The molecule has 1 aliphatic carbocycles. The first-order valence-electron chi connectivity index (χ1n) is 7.37. The molecule has 4 nitrogen and oxygen atoms in total. The lowest BCUT2D eigenvalue weighted by Gasteiger charge is -2.41. The minimum absolute atomic E-state index is 0.0251. The molecule has 1 aliphatic heterocycles. The highest BCUT2D eigenvalue weighted by Gasteiger charge is 2.46. The monoisotopic (exact) mass is 306 g/mol. The van der Waals surface area contributed by atoms with Crippen molar-refractivity contribution in [2.75, 3.05) is 0 Å². The molecule has 2 fully saturated rings. The summed E-state index contributed by atoms with van der Waals surface area (Å²) in [6.07, 6.45) is 2.04. The fourth-order valence-corrected chi connectivity index (χ4v) is 3.21. The summed E-state index contributed by atoms with van der Waals surface area (Å²) in [6, 6.07) is 6.49. The van der Waals surface area contributed by atoms with Crippen molar-refractivity contribution in [3.63, 3.8) is 0 Å². The fraction of sp³-hybridized carbons (Fsp3) is 0.500. The molecule has 1 N–H and O–H groups in total. The number of nitrogens with zero attached hydrogens (tertiary/aromatic N) is 1. The lowest BCUT2D eigenvalue weighted by atomic mass is 9.99. The number of amides is 2. The van der Waals surface area contributed by atoms with Gasteiger partial charge in [-0.1, -0.05) is 23.7 Å². The topological polar surface area (TPSA) is 49.4 Å². The highest BCUT2D eigenvalue weighted by atomic mass is 35.5. The summed E-state index contributed by atoms with van der Waals surface area (Å²) < 4.78 is 0. The van der Waals surface area contributed by atoms with E-state index in [1.807, 2.05) is 25.1 Å². The van der Waals surface area contributed by atoms with Crippen molar-refractivity contribution in [2.24, 2.45) is 5.92 Å². The summed E-state index contributed by atoms with van der Waals surface area (Å²) in [5, 5.41) is 3.51. The third kappa shape index (κ3) is 2.64. The van der Waals surface area contributed by atoms with E-state index >= 15 is 0 Å². The maximum atomic E-state index is 12.7. The van der Waals surface area contributed by atoms with Gasteiger partial charge in [0.25, 0.3) is 0 Å². The summed E-state index contributed by atoms with van der Waals surface area (Å²) in [7, 11) is 0. The van der Waals surface area contributed by atoms with Crippen LogP contribution in [-0.2, 0) is 9.59 Å². The molecule has 3 rings (SSSR count). The van der Waals surface area contributed by atoms with E-state index < -0.39 is 6.04 Å². The molecule has 0 spiro atoms. The van der Waals surface area contributed by atoms with Crippen LogP contribution in [0, 0.1) is 5.92 Å². The minimum Gasteiger partial charge on any atom is -0.342 e. The fourth-order valence-electron chi connectivity index (χ4n) is 3.02. The number of rotatable bonds is 3. The Hall–Kier alpha value is -1.55. The van der Waals surface area contributed by atoms with Crippen LogP contribution in [0.1, 0.15) is 38.3 Å².